The van der Waals surface area contributed by atoms with Gasteiger partial charge in [0.05, 0.1) is 0 Å². The van der Waals surface area contributed by atoms with Crippen LogP contribution in [0.3, 0.4) is 0 Å². The molecule has 0 saturated carbocycles. The van der Waals surface area contributed by atoms with E-state index in [1.165, 1.54) is 0 Å². The molecule has 0 saturated heterocycles. The molecule has 0 heterocycles. The van der Waals surface area contributed by atoms with Crippen LogP contribution in [0.1, 0.15) is 26.3 Å². The number of carbonyl (C=O) groups is 2. The molecule has 122 valence electrons. The van der Waals surface area contributed by atoms with Gasteiger partial charge in [0.2, 0.25) is 0 Å². The first-order chi connectivity index (χ1) is 10.7. The lowest BCUT2D eigenvalue weighted by Crippen LogP contribution is -2.44. The number of amides is 1. The number of benzene rings is 2. The Morgan fingerprint density at radius 3 is 2.39 bits per heavy atom. The van der Waals surface area contributed by atoms with Gasteiger partial charge in [-0.2, -0.15) is 0 Å². The van der Waals surface area contributed by atoms with E-state index in [4.69, 9.17) is 4.74 Å². The number of carbonyl (C=O) groups excluding carboxylic acids is 1. The van der Waals surface area contributed by atoms with Crippen LogP contribution in [0.2, 0.25) is 0 Å². The molecule has 0 bridgehead atoms. The van der Waals surface area contributed by atoms with Gasteiger partial charge in [0.25, 0.3) is 0 Å². The van der Waals surface area contributed by atoms with Crippen molar-refractivity contribution in [3.63, 3.8) is 0 Å². The van der Waals surface area contributed by atoms with E-state index in [9.17, 15) is 14.7 Å². The maximum absolute atomic E-state index is 11.8. The third-order valence-corrected chi connectivity index (χ3v) is 3.24. The van der Waals surface area contributed by atoms with Gasteiger partial charge in [-0.25, -0.2) is 9.59 Å². The molecule has 0 spiro atoms. The highest BCUT2D eigenvalue weighted by atomic mass is 16.6. The third-order valence-electron chi connectivity index (χ3n) is 3.24. The standard InChI is InChI=1S/C18H21NO4/c1-18(2,3)23-17(22)19-15(16(20)21)11-12-8-9-13-6-4-5-7-14(13)10-12/h4-10,15H,11H2,1-3H3,(H,19,22)(H,20,21). The van der Waals surface area contributed by atoms with Crippen LogP contribution >= 0.6 is 0 Å². The minimum atomic E-state index is -1.09. The topological polar surface area (TPSA) is 75.6 Å². The van der Waals surface area contributed by atoms with Gasteiger partial charge >= 0.3 is 12.1 Å². The van der Waals surface area contributed by atoms with E-state index in [2.05, 4.69) is 5.32 Å². The normalized spacial score (nSPS) is 12.7. The fraction of sp³-hybridized carbons (Fsp3) is 0.333. The van der Waals surface area contributed by atoms with E-state index in [0.29, 0.717) is 0 Å². The van der Waals surface area contributed by atoms with Crippen LogP contribution in [0, 0.1) is 0 Å². The zero-order chi connectivity index (χ0) is 17.0. The van der Waals surface area contributed by atoms with Crippen LogP contribution in [-0.2, 0) is 16.0 Å². The number of hydrogen-bond acceptors (Lipinski definition) is 3. The molecule has 0 aliphatic rings. The van der Waals surface area contributed by atoms with Crippen molar-refractivity contribution in [2.45, 2.75) is 38.8 Å². The second-order valence-electron chi connectivity index (χ2n) is 6.42. The van der Waals surface area contributed by atoms with Gasteiger partial charge in [-0.3, -0.25) is 0 Å². The fourth-order valence-corrected chi connectivity index (χ4v) is 2.25. The molecule has 0 aromatic heterocycles. The van der Waals surface area contributed by atoms with Gasteiger partial charge < -0.3 is 15.2 Å². The van der Waals surface area contributed by atoms with Gasteiger partial charge in [0.15, 0.2) is 0 Å². The maximum Gasteiger partial charge on any atom is 0.408 e. The number of ether oxygens (including phenoxy) is 1. The summed E-state index contributed by atoms with van der Waals surface area (Å²) >= 11 is 0. The van der Waals surface area contributed by atoms with E-state index >= 15 is 0 Å². The van der Waals surface area contributed by atoms with Crippen molar-refractivity contribution in [2.24, 2.45) is 0 Å². The summed E-state index contributed by atoms with van der Waals surface area (Å²) in [6, 6.07) is 12.5. The number of carboxylic acids is 1. The summed E-state index contributed by atoms with van der Waals surface area (Å²) in [5, 5.41) is 13.9. The van der Waals surface area contributed by atoms with Crippen LogP contribution in [0.15, 0.2) is 42.5 Å². The first-order valence-corrected chi connectivity index (χ1v) is 7.44. The molecule has 5 heteroatoms. The molecule has 0 fully saturated rings. The molecule has 1 unspecified atom stereocenters. The van der Waals surface area contributed by atoms with Gasteiger partial charge in [-0.15, -0.1) is 0 Å². The minimum Gasteiger partial charge on any atom is -0.480 e. The smallest absolute Gasteiger partial charge is 0.408 e. The highest BCUT2D eigenvalue weighted by Crippen LogP contribution is 2.17. The van der Waals surface area contributed by atoms with Crippen LogP contribution in [0.4, 0.5) is 4.79 Å². The summed E-state index contributed by atoms with van der Waals surface area (Å²) in [4.78, 5) is 23.2. The van der Waals surface area contributed by atoms with Gasteiger partial charge in [-0.05, 0) is 37.1 Å². The molecular weight excluding hydrogens is 294 g/mol. The number of fused-ring (bicyclic) bond motifs is 1. The maximum atomic E-state index is 11.8. The second-order valence-corrected chi connectivity index (χ2v) is 6.42. The van der Waals surface area contributed by atoms with E-state index < -0.39 is 23.7 Å². The Morgan fingerprint density at radius 1 is 1.13 bits per heavy atom. The Balaban J connectivity index is 2.11. The zero-order valence-electron chi connectivity index (χ0n) is 13.5. The molecule has 0 aliphatic heterocycles. The van der Waals surface area contributed by atoms with E-state index in [1.807, 2.05) is 42.5 Å². The third kappa shape index (κ3) is 4.98. The molecule has 0 aliphatic carbocycles. The molecule has 0 radical (unpaired) electrons. The number of aliphatic carboxylic acids is 1. The zero-order valence-corrected chi connectivity index (χ0v) is 13.5. The summed E-state index contributed by atoms with van der Waals surface area (Å²) in [7, 11) is 0. The molecule has 1 amide bonds. The van der Waals surface area contributed by atoms with Crippen molar-refractivity contribution in [2.75, 3.05) is 0 Å². The number of carboxylic acid groups (broad SMARTS) is 1. The first kappa shape index (κ1) is 16.8. The fourth-order valence-electron chi connectivity index (χ4n) is 2.25. The summed E-state index contributed by atoms with van der Waals surface area (Å²) in [6.07, 6.45) is -0.537. The Kier molecular flexibility index (Phi) is 4.89. The lowest BCUT2D eigenvalue weighted by atomic mass is 10.0. The molecule has 1 atom stereocenters. The van der Waals surface area contributed by atoms with Gasteiger partial charge in [0.1, 0.15) is 11.6 Å². The van der Waals surface area contributed by atoms with Crippen LogP contribution in [0.5, 0.6) is 0 Å². The lowest BCUT2D eigenvalue weighted by Gasteiger charge is -2.22. The second kappa shape index (κ2) is 6.69. The summed E-state index contributed by atoms with van der Waals surface area (Å²) in [5.41, 5.74) is 0.169. The summed E-state index contributed by atoms with van der Waals surface area (Å²) in [5.74, 6) is -1.09. The molecular formula is C18H21NO4. The Bertz CT molecular complexity index is 718. The average molecular weight is 315 g/mol. The predicted octanol–water partition coefficient (Wildman–Crippen LogP) is 3.36. The Labute approximate surface area is 135 Å². The summed E-state index contributed by atoms with van der Waals surface area (Å²) in [6.45, 7) is 5.18. The van der Waals surface area contributed by atoms with Crippen LogP contribution < -0.4 is 5.32 Å². The summed E-state index contributed by atoms with van der Waals surface area (Å²) < 4.78 is 5.11. The quantitative estimate of drug-likeness (QED) is 0.907. The molecule has 23 heavy (non-hydrogen) atoms. The van der Waals surface area contributed by atoms with Crippen molar-refractivity contribution in [3.05, 3.63) is 48.0 Å². The monoisotopic (exact) mass is 315 g/mol. The van der Waals surface area contributed by atoms with Gasteiger partial charge in [0, 0.05) is 6.42 Å². The van der Waals surface area contributed by atoms with Crippen molar-refractivity contribution >= 4 is 22.8 Å². The van der Waals surface area contributed by atoms with E-state index in [-0.39, 0.29) is 6.42 Å². The Morgan fingerprint density at radius 2 is 1.78 bits per heavy atom. The highest BCUT2D eigenvalue weighted by Gasteiger charge is 2.24. The van der Waals surface area contributed by atoms with Crippen molar-refractivity contribution in [3.8, 4) is 0 Å². The average Bonchev–Trinajstić information content (AvgIpc) is 2.44. The SMILES string of the molecule is CC(C)(C)OC(=O)NC(Cc1ccc2ccccc2c1)C(=O)O. The number of rotatable bonds is 4. The predicted molar refractivity (Wildman–Crippen MR) is 88.4 cm³/mol. The molecule has 2 N–H and O–H groups in total. The van der Waals surface area contributed by atoms with Gasteiger partial charge in [-0.1, -0.05) is 42.5 Å². The Hall–Kier alpha value is -2.56. The van der Waals surface area contributed by atoms with Crippen molar-refractivity contribution in [1.29, 1.82) is 0 Å². The van der Waals surface area contributed by atoms with Crippen molar-refractivity contribution in [1.82, 2.24) is 5.32 Å². The lowest BCUT2D eigenvalue weighted by molar-refractivity contribution is -0.139. The van der Waals surface area contributed by atoms with E-state index in [1.54, 1.807) is 20.8 Å². The van der Waals surface area contributed by atoms with E-state index in [0.717, 1.165) is 16.3 Å². The molecule has 2 aromatic carbocycles. The highest BCUT2D eigenvalue weighted by molar-refractivity contribution is 5.84. The number of alkyl carbamates (subject to hydrolysis) is 1. The van der Waals surface area contributed by atoms with Crippen LogP contribution in [0.25, 0.3) is 10.8 Å². The van der Waals surface area contributed by atoms with Crippen LogP contribution in [-0.4, -0.2) is 28.8 Å². The minimum absolute atomic E-state index is 0.194. The van der Waals surface area contributed by atoms with Crippen molar-refractivity contribution < 1.29 is 19.4 Å². The number of hydrogen-bond donors (Lipinski definition) is 2. The largest absolute Gasteiger partial charge is 0.480 e. The molecule has 2 aromatic rings. The molecule has 2 rings (SSSR count). The number of nitrogens with one attached hydrogen (secondary N) is 1. The first-order valence-electron chi connectivity index (χ1n) is 7.44. The molecule has 5 nitrogen and oxygen atoms in total.